The summed E-state index contributed by atoms with van der Waals surface area (Å²) in [5, 5.41) is 1.04. The Kier molecular flexibility index (Phi) is 5.60. The molecule has 1 atom stereocenters. The van der Waals surface area contributed by atoms with E-state index in [4.69, 9.17) is 20.2 Å². The van der Waals surface area contributed by atoms with Crippen LogP contribution in [-0.4, -0.2) is 45.5 Å². The number of ether oxygens (including phenoxy) is 2. The van der Waals surface area contributed by atoms with Crippen LogP contribution >= 0.6 is 11.3 Å². The first-order valence-corrected chi connectivity index (χ1v) is 8.26. The SMILES string of the molecule is COCCN(CCOC)c1nc2c(s1)C(N)CC(C)(C)C2. The van der Waals surface area contributed by atoms with Gasteiger partial charge in [-0.25, -0.2) is 4.98 Å². The van der Waals surface area contributed by atoms with Crippen LogP contribution in [0.25, 0.3) is 0 Å². The van der Waals surface area contributed by atoms with Gasteiger partial charge in [0.15, 0.2) is 5.13 Å². The summed E-state index contributed by atoms with van der Waals surface area (Å²) in [7, 11) is 3.44. The largest absolute Gasteiger partial charge is 0.383 e. The van der Waals surface area contributed by atoms with E-state index in [9.17, 15) is 0 Å². The van der Waals surface area contributed by atoms with Gasteiger partial charge >= 0.3 is 0 Å². The normalized spacial score (nSPS) is 20.3. The number of hydrogen-bond donors (Lipinski definition) is 1. The topological polar surface area (TPSA) is 60.6 Å². The lowest BCUT2D eigenvalue weighted by Crippen LogP contribution is -2.30. The van der Waals surface area contributed by atoms with Gasteiger partial charge in [0.05, 0.1) is 18.9 Å². The zero-order chi connectivity index (χ0) is 15.5. The van der Waals surface area contributed by atoms with Crippen LogP contribution in [-0.2, 0) is 15.9 Å². The molecule has 0 aliphatic heterocycles. The van der Waals surface area contributed by atoms with Crippen molar-refractivity contribution in [3.05, 3.63) is 10.6 Å². The van der Waals surface area contributed by atoms with Crippen molar-refractivity contribution in [1.29, 1.82) is 0 Å². The number of nitrogens with two attached hydrogens (primary N) is 1. The van der Waals surface area contributed by atoms with E-state index >= 15 is 0 Å². The van der Waals surface area contributed by atoms with E-state index in [-0.39, 0.29) is 11.5 Å². The van der Waals surface area contributed by atoms with E-state index in [1.54, 1.807) is 25.6 Å². The second-order valence-corrected chi connectivity index (χ2v) is 7.44. The highest BCUT2D eigenvalue weighted by molar-refractivity contribution is 7.15. The first-order chi connectivity index (χ1) is 9.96. The van der Waals surface area contributed by atoms with E-state index in [1.165, 1.54) is 10.6 Å². The van der Waals surface area contributed by atoms with Crippen LogP contribution in [0.4, 0.5) is 5.13 Å². The summed E-state index contributed by atoms with van der Waals surface area (Å²) in [4.78, 5) is 8.34. The minimum Gasteiger partial charge on any atom is -0.383 e. The van der Waals surface area contributed by atoms with Crippen LogP contribution in [0.5, 0.6) is 0 Å². The molecule has 120 valence electrons. The molecule has 0 spiro atoms. The minimum absolute atomic E-state index is 0.113. The van der Waals surface area contributed by atoms with Crippen LogP contribution in [0, 0.1) is 5.41 Å². The zero-order valence-electron chi connectivity index (χ0n) is 13.5. The van der Waals surface area contributed by atoms with Gasteiger partial charge in [-0.2, -0.15) is 0 Å². The molecule has 0 fully saturated rings. The molecule has 2 N–H and O–H groups in total. The molecule has 1 heterocycles. The minimum atomic E-state index is 0.113. The van der Waals surface area contributed by atoms with Crippen molar-refractivity contribution in [2.45, 2.75) is 32.7 Å². The predicted octanol–water partition coefficient (Wildman–Crippen LogP) is 2.21. The van der Waals surface area contributed by atoms with Crippen molar-refractivity contribution < 1.29 is 9.47 Å². The predicted molar refractivity (Wildman–Crippen MR) is 87.1 cm³/mol. The molecule has 1 unspecified atom stereocenters. The van der Waals surface area contributed by atoms with Crippen LogP contribution in [0.15, 0.2) is 0 Å². The molecule has 0 aromatic carbocycles. The maximum Gasteiger partial charge on any atom is 0.185 e. The summed E-state index contributed by atoms with van der Waals surface area (Å²) in [5.74, 6) is 0. The summed E-state index contributed by atoms with van der Waals surface area (Å²) in [6.07, 6.45) is 2.03. The summed E-state index contributed by atoms with van der Waals surface area (Å²) < 4.78 is 10.4. The molecule has 0 bridgehead atoms. The number of thiazole rings is 1. The van der Waals surface area contributed by atoms with E-state index < -0.39 is 0 Å². The first-order valence-electron chi connectivity index (χ1n) is 7.45. The molecule has 1 aliphatic carbocycles. The smallest absolute Gasteiger partial charge is 0.185 e. The lowest BCUT2D eigenvalue weighted by Gasteiger charge is -2.32. The monoisotopic (exact) mass is 313 g/mol. The fourth-order valence-electron chi connectivity index (χ4n) is 2.82. The van der Waals surface area contributed by atoms with Crippen molar-refractivity contribution in [3.63, 3.8) is 0 Å². The number of nitrogens with zero attached hydrogens (tertiary/aromatic N) is 2. The highest BCUT2D eigenvalue weighted by Crippen LogP contribution is 2.43. The highest BCUT2D eigenvalue weighted by Gasteiger charge is 2.33. The van der Waals surface area contributed by atoms with Crippen LogP contribution in [0.2, 0.25) is 0 Å². The molecule has 0 saturated heterocycles. The van der Waals surface area contributed by atoms with Crippen LogP contribution in [0.3, 0.4) is 0 Å². The third-order valence-corrected chi connectivity index (χ3v) is 5.16. The first kappa shape index (κ1) is 16.7. The van der Waals surface area contributed by atoms with Gasteiger partial charge in [0.1, 0.15) is 0 Å². The molecular weight excluding hydrogens is 286 g/mol. The summed E-state index contributed by atoms with van der Waals surface area (Å²) in [6, 6.07) is 0.113. The number of hydrogen-bond acceptors (Lipinski definition) is 6. The van der Waals surface area contributed by atoms with Crippen molar-refractivity contribution in [1.82, 2.24) is 4.98 Å². The van der Waals surface area contributed by atoms with Crippen molar-refractivity contribution in [3.8, 4) is 0 Å². The van der Waals surface area contributed by atoms with E-state index in [0.717, 1.165) is 31.1 Å². The van der Waals surface area contributed by atoms with Gasteiger partial charge in [-0.15, -0.1) is 0 Å². The molecule has 21 heavy (non-hydrogen) atoms. The molecule has 1 aromatic rings. The molecule has 0 amide bonds. The molecule has 1 aromatic heterocycles. The quantitative estimate of drug-likeness (QED) is 0.836. The third kappa shape index (κ3) is 4.16. The molecule has 6 heteroatoms. The van der Waals surface area contributed by atoms with Gasteiger partial charge in [-0.3, -0.25) is 0 Å². The molecule has 5 nitrogen and oxygen atoms in total. The second-order valence-electron chi connectivity index (χ2n) is 6.43. The lowest BCUT2D eigenvalue weighted by molar-refractivity contribution is 0.190. The Morgan fingerprint density at radius 1 is 1.29 bits per heavy atom. The van der Waals surface area contributed by atoms with Gasteiger partial charge in [-0.1, -0.05) is 25.2 Å². The Bertz CT molecular complexity index is 454. The number of rotatable bonds is 7. The Morgan fingerprint density at radius 2 is 1.90 bits per heavy atom. The Balaban J connectivity index is 2.18. The number of methoxy groups -OCH3 is 2. The second kappa shape index (κ2) is 7.05. The number of anilines is 1. The molecule has 1 aliphatic rings. The average molecular weight is 313 g/mol. The lowest BCUT2D eigenvalue weighted by atomic mass is 9.77. The fourth-order valence-corrected chi connectivity index (χ4v) is 3.96. The van der Waals surface area contributed by atoms with Gasteiger partial charge in [-0.05, 0) is 18.3 Å². The van der Waals surface area contributed by atoms with Crippen LogP contribution < -0.4 is 10.6 Å². The zero-order valence-corrected chi connectivity index (χ0v) is 14.3. The highest BCUT2D eigenvalue weighted by atomic mass is 32.1. The molecule has 0 radical (unpaired) electrons. The van der Waals surface area contributed by atoms with E-state index in [2.05, 4.69) is 18.7 Å². The summed E-state index contributed by atoms with van der Waals surface area (Å²) >= 11 is 1.73. The summed E-state index contributed by atoms with van der Waals surface area (Å²) in [6.45, 7) is 7.55. The third-order valence-electron chi connectivity index (χ3n) is 3.87. The van der Waals surface area contributed by atoms with Crippen molar-refractivity contribution >= 4 is 16.5 Å². The van der Waals surface area contributed by atoms with Gasteiger partial charge in [0, 0.05) is 38.2 Å². The number of fused-ring (bicyclic) bond motifs is 1. The average Bonchev–Trinajstić information content (AvgIpc) is 2.81. The van der Waals surface area contributed by atoms with Gasteiger partial charge in [0.25, 0.3) is 0 Å². The van der Waals surface area contributed by atoms with Crippen molar-refractivity contribution in [2.24, 2.45) is 11.1 Å². The fraction of sp³-hybridized carbons (Fsp3) is 0.800. The Morgan fingerprint density at radius 3 is 2.48 bits per heavy atom. The summed E-state index contributed by atoms with van der Waals surface area (Å²) in [5.41, 5.74) is 7.76. The van der Waals surface area contributed by atoms with Crippen molar-refractivity contribution in [2.75, 3.05) is 45.4 Å². The maximum absolute atomic E-state index is 6.34. The van der Waals surface area contributed by atoms with Gasteiger partial charge in [0.2, 0.25) is 0 Å². The molecule has 2 rings (SSSR count). The van der Waals surface area contributed by atoms with E-state index in [0.29, 0.717) is 13.2 Å². The van der Waals surface area contributed by atoms with E-state index in [1.807, 2.05) is 0 Å². The Hall–Kier alpha value is -0.690. The Labute approximate surface area is 131 Å². The van der Waals surface area contributed by atoms with Gasteiger partial charge < -0.3 is 20.1 Å². The number of aromatic nitrogens is 1. The standard InChI is InChI=1S/C15H27N3O2S/c1-15(2)9-11(16)13-12(10-15)17-14(21-13)18(5-7-19-3)6-8-20-4/h11H,5-10,16H2,1-4H3. The van der Waals surface area contributed by atoms with Crippen LogP contribution in [0.1, 0.15) is 36.9 Å². The molecular formula is C15H27N3O2S. The maximum atomic E-state index is 6.34. The molecule has 0 saturated carbocycles.